The Morgan fingerprint density at radius 1 is 1.25 bits per heavy atom. The van der Waals surface area contributed by atoms with E-state index in [0.717, 1.165) is 32.4 Å². The topological polar surface area (TPSA) is 21.7 Å². The molecule has 0 saturated heterocycles. The van der Waals surface area contributed by atoms with E-state index in [-0.39, 0.29) is 11.6 Å². The van der Waals surface area contributed by atoms with Crippen LogP contribution in [0.1, 0.15) is 44.4 Å². The predicted molar refractivity (Wildman–Crippen MR) is 123 cm³/mol. The third-order valence-corrected chi connectivity index (χ3v) is 6.42. The maximum atomic E-state index is 6.49. The molecule has 2 aromatic carbocycles. The van der Waals surface area contributed by atoms with E-state index in [9.17, 15) is 0 Å². The Hall–Kier alpha value is -1.56. The van der Waals surface area contributed by atoms with E-state index in [2.05, 4.69) is 83.5 Å². The summed E-state index contributed by atoms with van der Waals surface area (Å²) in [5.74, 6) is 0.879. The van der Waals surface area contributed by atoms with Crippen LogP contribution in [0.3, 0.4) is 0 Å². The second-order valence-corrected chi connectivity index (χ2v) is 9.54. The lowest BCUT2D eigenvalue weighted by molar-refractivity contribution is 0.123. The van der Waals surface area contributed by atoms with Gasteiger partial charge in [-0.05, 0) is 66.0 Å². The monoisotopic (exact) mass is 503 g/mol. The van der Waals surface area contributed by atoms with Crippen molar-refractivity contribution in [3.8, 4) is 16.9 Å². The highest BCUT2D eigenvalue weighted by molar-refractivity contribution is 9.11. The van der Waals surface area contributed by atoms with E-state index in [1.54, 1.807) is 7.11 Å². The zero-order valence-corrected chi connectivity index (χ0v) is 19.6. The highest BCUT2D eigenvalue weighted by atomic mass is 79.9. The van der Waals surface area contributed by atoms with Crippen LogP contribution in [0.2, 0.25) is 0 Å². The van der Waals surface area contributed by atoms with Crippen molar-refractivity contribution in [1.29, 1.82) is 0 Å². The number of allylic oxidation sites excluding steroid dienone is 1. The number of anilines is 1. The fourth-order valence-corrected chi connectivity index (χ4v) is 5.78. The minimum absolute atomic E-state index is 0.101. The van der Waals surface area contributed by atoms with Crippen LogP contribution in [0.15, 0.2) is 51.9 Å². The average Bonchev–Trinajstić information content (AvgIpc) is 2.61. The lowest BCUT2D eigenvalue weighted by Crippen LogP contribution is -2.44. The highest BCUT2D eigenvalue weighted by Gasteiger charge is 2.38. The van der Waals surface area contributed by atoms with E-state index in [1.165, 1.54) is 22.3 Å². The van der Waals surface area contributed by atoms with Gasteiger partial charge in [-0.25, -0.2) is 5.06 Å². The molecule has 3 nitrogen and oxygen atoms in total. The number of hydrogen-bond donors (Lipinski definition) is 0. The lowest BCUT2D eigenvalue weighted by Gasteiger charge is -2.43. The largest absolute Gasteiger partial charge is 0.484 e. The van der Waals surface area contributed by atoms with Gasteiger partial charge in [-0.15, -0.1) is 6.58 Å². The molecule has 2 aliphatic rings. The molecule has 0 bridgehead atoms. The first-order valence-electron chi connectivity index (χ1n) is 9.26. The molecule has 146 valence electrons. The second-order valence-electron chi connectivity index (χ2n) is 7.77. The van der Waals surface area contributed by atoms with Gasteiger partial charge < -0.3 is 4.74 Å². The van der Waals surface area contributed by atoms with Gasteiger partial charge in [-0.2, -0.15) is 0 Å². The third kappa shape index (κ3) is 2.95. The summed E-state index contributed by atoms with van der Waals surface area (Å²) in [6.07, 6.45) is 4.81. The number of benzene rings is 2. The van der Waals surface area contributed by atoms with Crippen LogP contribution >= 0.6 is 31.9 Å². The molecular formula is C23H23Br2NO2. The molecular weight excluding hydrogens is 482 g/mol. The SMILES string of the molecule is C=CCC1Oc2c(Br)cc(Br)cc2-c2ccc3c(c21)C(C)=CC(C)(C)N3OC. The van der Waals surface area contributed by atoms with Crippen molar-refractivity contribution in [2.75, 3.05) is 12.2 Å². The summed E-state index contributed by atoms with van der Waals surface area (Å²) in [6.45, 7) is 10.4. The van der Waals surface area contributed by atoms with Gasteiger partial charge in [0.1, 0.15) is 11.9 Å². The summed E-state index contributed by atoms with van der Waals surface area (Å²) in [4.78, 5) is 5.79. The van der Waals surface area contributed by atoms with Crippen LogP contribution in [-0.4, -0.2) is 12.6 Å². The number of halogens is 2. The molecule has 0 spiro atoms. The number of hydroxylamine groups is 1. The van der Waals surface area contributed by atoms with E-state index in [4.69, 9.17) is 9.57 Å². The summed E-state index contributed by atoms with van der Waals surface area (Å²) < 4.78 is 8.45. The zero-order valence-electron chi connectivity index (χ0n) is 16.5. The summed E-state index contributed by atoms with van der Waals surface area (Å²) in [5, 5.41) is 1.98. The Morgan fingerprint density at radius 3 is 2.68 bits per heavy atom. The standard InChI is InChI=1S/C23H23Br2NO2/c1-6-7-19-21-15(16-10-14(24)11-17(25)22(16)28-19)8-9-18-20(21)13(2)12-23(3,4)26(18)27-5/h6,8-12,19H,1,7H2,2-5H3. The molecule has 1 atom stereocenters. The van der Waals surface area contributed by atoms with Gasteiger partial charge in [0, 0.05) is 27.6 Å². The molecule has 2 aliphatic heterocycles. The van der Waals surface area contributed by atoms with Crippen LogP contribution in [-0.2, 0) is 4.84 Å². The maximum absolute atomic E-state index is 6.49. The molecule has 0 N–H and O–H groups in total. The van der Waals surface area contributed by atoms with Crippen LogP contribution in [0.5, 0.6) is 5.75 Å². The molecule has 2 aromatic rings. The Labute approximate surface area is 183 Å². The van der Waals surface area contributed by atoms with Gasteiger partial charge in [-0.3, -0.25) is 4.84 Å². The smallest absolute Gasteiger partial charge is 0.142 e. The van der Waals surface area contributed by atoms with Gasteiger partial charge in [0.15, 0.2) is 0 Å². The first kappa shape index (κ1) is 19.7. The van der Waals surface area contributed by atoms with Crippen molar-refractivity contribution in [1.82, 2.24) is 0 Å². The first-order valence-corrected chi connectivity index (χ1v) is 10.8. The summed E-state index contributed by atoms with van der Waals surface area (Å²) in [5.41, 5.74) is 6.74. The van der Waals surface area contributed by atoms with Crippen molar-refractivity contribution >= 4 is 43.1 Å². The zero-order chi connectivity index (χ0) is 20.2. The average molecular weight is 505 g/mol. The molecule has 0 saturated carbocycles. The predicted octanol–water partition coefficient (Wildman–Crippen LogP) is 7.45. The molecule has 5 heteroatoms. The third-order valence-electron chi connectivity index (χ3n) is 5.37. The Kier molecular flexibility index (Phi) is 4.97. The molecule has 4 rings (SSSR count). The minimum Gasteiger partial charge on any atom is -0.484 e. The lowest BCUT2D eigenvalue weighted by atomic mass is 9.81. The molecule has 28 heavy (non-hydrogen) atoms. The summed E-state index contributed by atoms with van der Waals surface area (Å²) >= 11 is 7.29. The molecule has 1 unspecified atom stereocenters. The minimum atomic E-state index is -0.229. The fraction of sp³-hybridized carbons (Fsp3) is 0.304. The van der Waals surface area contributed by atoms with E-state index < -0.39 is 0 Å². The van der Waals surface area contributed by atoms with Crippen molar-refractivity contribution in [3.05, 3.63) is 63.1 Å². The Balaban J connectivity index is 2.05. The Morgan fingerprint density at radius 2 is 2.00 bits per heavy atom. The van der Waals surface area contributed by atoms with Gasteiger partial charge in [0.25, 0.3) is 0 Å². The van der Waals surface area contributed by atoms with Gasteiger partial charge >= 0.3 is 0 Å². The molecule has 0 amide bonds. The number of fused-ring (bicyclic) bond motifs is 5. The van der Waals surface area contributed by atoms with E-state index in [1.807, 2.05) is 17.2 Å². The molecule has 0 radical (unpaired) electrons. The highest BCUT2D eigenvalue weighted by Crippen LogP contribution is 2.53. The second kappa shape index (κ2) is 7.05. The van der Waals surface area contributed by atoms with Gasteiger partial charge in [0.05, 0.1) is 22.8 Å². The quantitative estimate of drug-likeness (QED) is 0.405. The molecule has 2 heterocycles. The molecule has 0 aromatic heterocycles. The van der Waals surface area contributed by atoms with Crippen molar-refractivity contribution in [2.24, 2.45) is 0 Å². The molecule has 0 aliphatic carbocycles. The normalized spacial score (nSPS) is 19.1. The summed E-state index contributed by atoms with van der Waals surface area (Å²) in [6, 6.07) is 8.48. The van der Waals surface area contributed by atoms with Crippen molar-refractivity contribution < 1.29 is 9.57 Å². The Bertz CT molecular complexity index is 1010. The molecule has 0 fully saturated rings. The number of rotatable bonds is 3. The van der Waals surface area contributed by atoms with Crippen LogP contribution in [0, 0.1) is 0 Å². The number of hydrogen-bond acceptors (Lipinski definition) is 3. The number of nitrogens with zero attached hydrogens (tertiary/aromatic N) is 1. The first-order chi connectivity index (χ1) is 13.3. The van der Waals surface area contributed by atoms with Crippen LogP contribution in [0.4, 0.5) is 5.69 Å². The van der Waals surface area contributed by atoms with Gasteiger partial charge in [-0.1, -0.05) is 34.1 Å². The maximum Gasteiger partial charge on any atom is 0.142 e. The van der Waals surface area contributed by atoms with Gasteiger partial charge in [0.2, 0.25) is 0 Å². The fourth-order valence-electron chi connectivity index (χ4n) is 4.46. The van der Waals surface area contributed by atoms with Crippen molar-refractivity contribution in [3.63, 3.8) is 0 Å². The summed E-state index contributed by atoms with van der Waals surface area (Å²) in [7, 11) is 1.72. The van der Waals surface area contributed by atoms with Crippen molar-refractivity contribution in [2.45, 2.75) is 38.8 Å². The number of ether oxygens (including phenoxy) is 1. The van der Waals surface area contributed by atoms with E-state index in [0.29, 0.717) is 0 Å². The van der Waals surface area contributed by atoms with Crippen LogP contribution < -0.4 is 9.80 Å². The van der Waals surface area contributed by atoms with E-state index >= 15 is 0 Å². The van der Waals surface area contributed by atoms with Crippen LogP contribution in [0.25, 0.3) is 16.7 Å².